The molecule has 2 rings (SSSR count). The van der Waals surface area contributed by atoms with Crippen LogP contribution in [0.1, 0.15) is 12.0 Å². The van der Waals surface area contributed by atoms with Crippen molar-refractivity contribution in [1.82, 2.24) is 0 Å². The van der Waals surface area contributed by atoms with E-state index in [-0.39, 0.29) is 0 Å². The number of hydrogen-bond acceptors (Lipinski definition) is 3. The van der Waals surface area contributed by atoms with Crippen molar-refractivity contribution >= 4 is 6.21 Å². The molecule has 1 aliphatic heterocycles. The van der Waals surface area contributed by atoms with Crippen LogP contribution in [-0.4, -0.2) is 6.21 Å². The maximum absolute atomic E-state index is 6.19. The van der Waals surface area contributed by atoms with Gasteiger partial charge in [0.15, 0.2) is 0 Å². The van der Waals surface area contributed by atoms with Gasteiger partial charge in [-0.15, -0.1) is 0 Å². The maximum atomic E-state index is 6.19. The average molecular weight is 187 g/mol. The molecule has 1 aromatic rings. The molecule has 0 aliphatic carbocycles. The van der Waals surface area contributed by atoms with Crippen molar-refractivity contribution in [2.45, 2.75) is 12.0 Å². The summed E-state index contributed by atoms with van der Waals surface area (Å²) < 4.78 is 0. The second-order valence-corrected chi connectivity index (χ2v) is 3.50. The van der Waals surface area contributed by atoms with Gasteiger partial charge in [0.2, 0.25) is 0 Å². The van der Waals surface area contributed by atoms with Crippen LogP contribution in [0, 0.1) is 0 Å². The van der Waals surface area contributed by atoms with E-state index < -0.39 is 5.54 Å². The second-order valence-electron chi connectivity index (χ2n) is 3.50. The van der Waals surface area contributed by atoms with E-state index in [1.54, 1.807) is 6.21 Å². The Labute approximate surface area is 83.1 Å². The monoisotopic (exact) mass is 187 g/mol. The highest BCUT2D eigenvalue weighted by Gasteiger charge is 2.25. The minimum atomic E-state index is -0.496. The molecule has 72 valence electrons. The van der Waals surface area contributed by atoms with Crippen molar-refractivity contribution < 1.29 is 0 Å². The molecule has 0 aromatic heterocycles. The summed E-state index contributed by atoms with van der Waals surface area (Å²) in [6.45, 7) is 0. The number of hydrogen-bond donors (Lipinski definition) is 2. The third-order valence-electron chi connectivity index (χ3n) is 2.40. The van der Waals surface area contributed by atoms with E-state index in [1.807, 2.05) is 36.4 Å². The van der Waals surface area contributed by atoms with Crippen molar-refractivity contribution in [3.05, 3.63) is 47.8 Å². The fourth-order valence-electron chi connectivity index (χ4n) is 1.51. The van der Waals surface area contributed by atoms with Crippen LogP contribution in [0.15, 0.2) is 47.2 Å². The van der Waals surface area contributed by atoms with Gasteiger partial charge in [0.1, 0.15) is 5.82 Å². The summed E-state index contributed by atoms with van der Waals surface area (Å²) in [5, 5.41) is 0. The first-order valence-corrected chi connectivity index (χ1v) is 4.56. The first-order valence-electron chi connectivity index (χ1n) is 4.56. The van der Waals surface area contributed by atoms with E-state index in [0.29, 0.717) is 12.2 Å². The van der Waals surface area contributed by atoms with Crippen molar-refractivity contribution in [1.29, 1.82) is 0 Å². The average Bonchev–Trinajstić information content (AvgIpc) is 2.24. The Bertz CT molecular complexity index is 381. The van der Waals surface area contributed by atoms with Crippen LogP contribution in [0.2, 0.25) is 0 Å². The molecule has 4 N–H and O–H groups in total. The summed E-state index contributed by atoms with van der Waals surface area (Å²) in [7, 11) is 0. The molecular weight excluding hydrogens is 174 g/mol. The van der Waals surface area contributed by atoms with E-state index in [0.717, 1.165) is 5.56 Å². The second kappa shape index (κ2) is 3.27. The Morgan fingerprint density at radius 3 is 2.50 bits per heavy atom. The van der Waals surface area contributed by atoms with Crippen LogP contribution in [0.5, 0.6) is 0 Å². The third-order valence-corrected chi connectivity index (χ3v) is 2.40. The summed E-state index contributed by atoms with van der Waals surface area (Å²) in [5.41, 5.74) is 12.3. The van der Waals surface area contributed by atoms with Gasteiger partial charge in [0, 0.05) is 6.21 Å². The van der Waals surface area contributed by atoms with E-state index in [1.165, 1.54) is 0 Å². The minimum Gasteiger partial charge on any atom is -0.384 e. The molecule has 1 heterocycles. The summed E-state index contributed by atoms with van der Waals surface area (Å²) in [4.78, 5) is 4.05. The number of nitrogens with zero attached hydrogens (tertiary/aromatic N) is 1. The molecule has 3 nitrogen and oxygen atoms in total. The largest absolute Gasteiger partial charge is 0.384 e. The number of rotatable bonds is 1. The molecule has 0 bridgehead atoms. The zero-order valence-corrected chi connectivity index (χ0v) is 7.85. The zero-order chi connectivity index (χ0) is 10.0. The van der Waals surface area contributed by atoms with Gasteiger partial charge in [-0.25, -0.2) is 4.99 Å². The molecule has 0 spiro atoms. The van der Waals surface area contributed by atoms with E-state index in [9.17, 15) is 0 Å². The Hall–Kier alpha value is -1.61. The molecule has 1 aliphatic rings. The van der Waals surface area contributed by atoms with E-state index in [4.69, 9.17) is 11.5 Å². The fourth-order valence-corrected chi connectivity index (χ4v) is 1.51. The Morgan fingerprint density at radius 2 is 1.93 bits per heavy atom. The normalized spacial score (nSPS) is 25.9. The molecular formula is C11H13N3. The van der Waals surface area contributed by atoms with E-state index >= 15 is 0 Å². The van der Waals surface area contributed by atoms with Crippen LogP contribution < -0.4 is 11.5 Å². The van der Waals surface area contributed by atoms with Crippen molar-refractivity contribution in [2.24, 2.45) is 16.5 Å². The van der Waals surface area contributed by atoms with Crippen LogP contribution in [-0.2, 0) is 5.54 Å². The minimum absolute atomic E-state index is 0.496. The lowest BCUT2D eigenvalue weighted by atomic mass is 9.88. The molecule has 14 heavy (non-hydrogen) atoms. The number of aliphatic imine (C=N–C) groups is 1. The van der Waals surface area contributed by atoms with Gasteiger partial charge in [0.25, 0.3) is 0 Å². The molecule has 1 unspecified atom stereocenters. The van der Waals surface area contributed by atoms with Gasteiger partial charge in [-0.1, -0.05) is 30.3 Å². The SMILES string of the molecule is NC1=CCC(N)(c2ccccc2)C=N1. The smallest absolute Gasteiger partial charge is 0.119 e. The number of nitrogens with two attached hydrogens (primary N) is 2. The lowest BCUT2D eigenvalue weighted by Gasteiger charge is -2.26. The highest BCUT2D eigenvalue weighted by molar-refractivity contribution is 5.75. The van der Waals surface area contributed by atoms with Gasteiger partial charge in [0.05, 0.1) is 5.54 Å². The molecule has 1 aromatic carbocycles. The van der Waals surface area contributed by atoms with Gasteiger partial charge < -0.3 is 11.5 Å². The van der Waals surface area contributed by atoms with Gasteiger partial charge in [-0.2, -0.15) is 0 Å². The molecule has 0 fully saturated rings. The molecule has 0 radical (unpaired) electrons. The first kappa shape index (κ1) is 8.97. The highest BCUT2D eigenvalue weighted by atomic mass is 14.9. The standard InChI is InChI=1S/C11H13N3/c12-10-6-7-11(13,8-14-10)9-4-2-1-3-5-9/h1-6,8H,7,12-13H2. The summed E-state index contributed by atoms with van der Waals surface area (Å²) in [6.07, 6.45) is 4.27. The quantitative estimate of drug-likeness (QED) is 0.691. The third kappa shape index (κ3) is 1.54. The molecule has 0 saturated heterocycles. The number of benzene rings is 1. The van der Waals surface area contributed by atoms with Gasteiger partial charge in [-0.3, -0.25) is 0 Å². The Morgan fingerprint density at radius 1 is 1.21 bits per heavy atom. The fraction of sp³-hybridized carbons (Fsp3) is 0.182. The molecule has 3 heteroatoms. The summed E-state index contributed by atoms with van der Waals surface area (Å²) in [6, 6.07) is 9.92. The van der Waals surface area contributed by atoms with Crippen molar-refractivity contribution in [2.75, 3.05) is 0 Å². The van der Waals surface area contributed by atoms with Crippen molar-refractivity contribution in [3.63, 3.8) is 0 Å². The zero-order valence-electron chi connectivity index (χ0n) is 7.85. The topological polar surface area (TPSA) is 64.4 Å². The molecule has 1 atom stereocenters. The lowest BCUT2D eigenvalue weighted by molar-refractivity contribution is 0.613. The highest BCUT2D eigenvalue weighted by Crippen LogP contribution is 2.23. The maximum Gasteiger partial charge on any atom is 0.119 e. The van der Waals surface area contributed by atoms with E-state index in [2.05, 4.69) is 4.99 Å². The van der Waals surface area contributed by atoms with Gasteiger partial charge in [-0.05, 0) is 18.1 Å². The Balaban J connectivity index is 2.32. The van der Waals surface area contributed by atoms with Gasteiger partial charge >= 0.3 is 0 Å². The van der Waals surface area contributed by atoms with Crippen LogP contribution in [0.3, 0.4) is 0 Å². The predicted octanol–water partition coefficient (Wildman–Crippen LogP) is 1.12. The predicted molar refractivity (Wildman–Crippen MR) is 57.7 cm³/mol. The van der Waals surface area contributed by atoms with Crippen molar-refractivity contribution in [3.8, 4) is 0 Å². The molecule has 0 saturated carbocycles. The van der Waals surface area contributed by atoms with Crippen LogP contribution in [0.25, 0.3) is 0 Å². The lowest BCUT2D eigenvalue weighted by Crippen LogP contribution is -2.39. The molecule has 0 amide bonds. The van der Waals surface area contributed by atoms with Crippen LogP contribution in [0.4, 0.5) is 0 Å². The summed E-state index contributed by atoms with van der Waals surface area (Å²) >= 11 is 0. The summed E-state index contributed by atoms with van der Waals surface area (Å²) in [5.74, 6) is 0.544. The first-order chi connectivity index (χ1) is 6.71. The van der Waals surface area contributed by atoms with Crippen LogP contribution >= 0.6 is 0 Å². The Kier molecular flexibility index (Phi) is 2.09.